The molecular formula is C20H18N4O2. The van der Waals surface area contributed by atoms with E-state index in [4.69, 9.17) is 0 Å². The summed E-state index contributed by atoms with van der Waals surface area (Å²) in [6.45, 7) is 1.97. The molecule has 26 heavy (non-hydrogen) atoms. The minimum absolute atomic E-state index is 0.229. The minimum Gasteiger partial charge on any atom is -0.319 e. The smallest absolute Gasteiger partial charge is 0.319 e. The van der Waals surface area contributed by atoms with Gasteiger partial charge in [-0.3, -0.25) is 9.69 Å². The molecule has 1 aliphatic rings. The van der Waals surface area contributed by atoms with Crippen LogP contribution in [0.1, 0.15) is 18.1 Å². The second-order valence-electron chi connectivity index (χ2n) is 6.43. The van der Waals surface area contributed by atoms with E-state index >= 15 is 0 Å². The molecule has 6 nitrogen and oxygen atoms in total. The Morgan fingerprint density at radius 2 is 1.73 bits per heavy atom. The van der Waals surface area contributed by atoms with Crippen molar-refractivity contribution in [1.29, 1.82) is 0 Å². The molecular weight excluding hydrogens is 328 g/mol. The highest BCUT2D eigenvalue weighted by molar-refractivity contribution is 6.07. The van der Waals surface area contributed by atoms with Crippen LogP contribution in [0.4, 0.5) is 4.79 Å². The lowest BCUT2D eigenvalue weighted by molar-refractivity contribution is -0.131. The topological polar surface area (TPSA) is 67.2 Å². The van der Waals surface area contributed by atoms with E-state index in [-0.39, 0.29) is 18.5 Å². The van der Waals surface area contributed by atoms with E-state index in [0.717, 1.165) is 16.8 Å². The zero-order chi connectivity index (χ0) is 18.1. The number of aromatic nitrogens is 2. The Bertz CT molecular complexity index is 936. The molecule has 0 bridgehead atoms. The molecule has 2 heterocycles. The second kappa shape index (κ2) is 6.15. The highest BCUT2D eigenvalue weighted by atomic mass is 16.2. The molecule has 1 atom stereocenters. The zero-order valence-electron chi connectivity index (χ0n) is 14.3. The molecule has 6 heteroatoms. The predicted octanol–water partition coefficient (Wildman–Crippen LogP) is 2.84. The zero-order valence-corrected chi connectivity index (χ0v) is 14.3. The Hall–Kier alpha value is -3.41. The molecule has 130 valence electrons. The average Bonchev–Trinajstić information content (AvgIpc) is 3.27. The summed E-state index contributed by atoms with van der Waals surface area (Å²) >= 11 is 0. The first-order valence-electron chi connectivity index (χ1n) is 8.36. The molecule has 1 N–H and O–H groups in total. The number of nitrogens with one attached hydrogen (secondary N) is 1. The highest BCUT2D eigenvalue weighted by Gasteiger charge is 2.48. The van der Waals surface area contributed by atoms with Crippen molar-refractivity contribution in [3.8, 4) is 5.69 Å². The summed E-state index contributed by atoms with van der Waals surface area (Å²) in [5.74, 6) is -0.246. The Labute approximate surface area is 151 Å². The lowest BCUT2D eigenvalue weighted by atomic mass is 9.92. The van der Waals surface area contributed by atoms with Gasteiger partial charge >= 0.3 is 6.03 Å². The number of hydrogen-bond acceptors (Lipinski definition) is 3. The fraction of sp³-hybridized carbons (Fsp3) is 0.150. The van der Waals surface area contributed by atoms with Crippen LogP contribution in [0.25, 0.3) is 5.69 Å². The normalized spacial score (nSPS) is 19.7. The third-order valence-corrected chi connectivity index (χ3v) is 4.67. The van der Waals surface area contributed by atoms with E-state index in [2.05, 4.69) is 10.4 Å². The molecule has 0 unspecified atom stereocenters. The van der Waals surface area contributed by atoms with E-state index in [0.29, 0.717) is 0 Å². The first-order chi connectivity index (χ1) is 12.6. The van der Waals surface area contributed by atoms with E-state index in [1.54, 1.807) is 17.8 Å². The second-order valence-corrected chi connectivity index (χ2v) is 6.43. The van der Waals surface area contributed by atoms with Crippen LogP contribution < -0.4 is 5.32 Å². The van der Waals surface area contributed by atoms with Crippen molar-refractivity contribution >= 4 is 11.9 Å². The maximum atomic E-state index is 12.9. The number of hydrogen-bond donors (Lipinski definition) is 1. The molecule has 4 rings (SSSR count). The van der Waals surface area contributed by atoms with Gasteiger partial charge in [-0.2, -0.15) is 5.10 Å². The van der Waals surface area contributed by atoms with Crippen molar-refractivity contribution in [2.75, 3.05) is 0 Å². The van der Waals surface area contributed by atoms with E-state index in [9.17, 15) is 9.59 Å². The van der Waals surface area contributed by atoms with Gasteiger partial charge in [0.15, 0.2) is 0 Å². The van der Waals surface area contributed by atoms with Gasteiger partial charge in [0.05, 0.1) is 12.2 Å². The Kier molecular flexibility index (Phi) is 3.80. The van der Waals surface area contributed by atoms with Crippen molar-refractivity contribution in [2.45, 2.75) is 19.0 Å². The van der Waals surface area contributed by atoms with Crippen LogP contribution in [0.2, 0.25) is 0 Å². The molecule has 1 aliphatic heterocycles. The summed E-state index contributed by atoms with van der Waals surface area (Å²) in [7, 11) is 0. The van der Waals surface area contributed by atoms with Crippen LogP contribution in [0.5, 0.6) is 0 Å². The van der Waals surface area contributed by atoms with Gasteiger partial charge in [-0.1, -0.05) is 42.5 Å². The van der Waals surface area contributed by atoms with Gasteiger partial charge in [-0.05, 0) is 36.2 Å². The van der Waals surface area contributed by atoms with Crippen molar-refractivity contribution in [1.82, 2.24) is 20.0 Å². The molecule has 0 aliphatic carbocycles. The monoisotopic (exact) mass is 346 g/mol. The summed E-state index contributed by atoms with van der Waals surface area (Å²) in [6, 6.07) is 18.4. The maximum absolute atomic E-state index is 12.9. The SMILES string of the molecule is C[C@]1(c2ccccc2)NC(=O)N(Cc2ccc(-n3cccn3)cc2)C1=O. The van der Waals surface area contributed by atoms with Crippen LogP contribution >= 0.6 is 0 Å². The average molecular weight is 346 g/mol. The van der Waals surface area contributed by atoms with E-state index < -0.39 is 5.54 Å². The molecule has 0 spiro atoms. The van der Waals surface area contributed by atoms with Crippen LogP contribution in [0.15, 0.2) is 73.1 Å². The number of rotatable bonds is 4. The first kappa shape index (κ1) is 16.1. The molecule has 0 radical (unpaired) electrons. The summed E-state index contributed by atoms with van der Waals surface area (Å²) in [5, 5.41) is 7.01. The number of urea groups is 1. The first-order valence-corrected chi connectivity index (χ1v) is 8.36. The van der Waals surface area contributed by atoms with Gasteiger partial charge in [0.25, 0.3) is 5.91 Å². The summed E-state index contributed by atoms with van der Waals surface area (Å²) in [5.41, 5.74) is 1.54. The standard InChI is InChI=1S/C20H18N4O2/c1-20(16-6-3-2-4-7-16)18(25)23(19(26)22-20)14-15-8-10-17(11-9-15)24-13-5-12-21-24/h2-13H,14H2,1H3,(H,22,26)/t20-/m1/s1. The van der Waals surface area contributed by atoms with Gasteiger partial charge < -0.3 is 5.32 Å². The van der Waals surface area contributed by atoms with Gasteiger partial charge in [0, 0.05) is 12.4 Å². The number of imide groups is 1. The van der Waals surface area contributed by atoms with Crippen molar-refractivity contribution < 1.29 is 9.59 Å². The van der Waals surface area contributed by atoms with Gasteiger partial charge in [-0.25, -0.2) is 9.48 Å². The van der Waals surface area contributed by atoms with Crippen molar-refractivity contribution in [3.05, 3.63) is 84.2 Å². The van der Waals surface area contributed by atoms with Crippen LogP contribution in [0.3, 0.4) is 0 Å². The number of amides is 3. The number of nitrogens with zero attached hydrogens (tertiary/aromatic N) is 3. The molecule has 2 aromatic carbocycles. The summed E-state index contributed by atoms with van der Waals surface area (Å²) in [4.78, 5) is 26.6. The predicted molar refractivity (Wildman–Crippen MR) is 96.4 cm³/mol. The van der Waals surface area contributed by atoms with Crippen molar-refractivity contribution in [2.24, 2.45) is 0 Å². The number of benzene rings is 2. The Morgan fingerprint density at radius 3 is 2.38 bits per heavy atom. The van der Waals surface area contributed by atoms with E-state index in [1.165, 1.54) is 4.90 Å². The Balaban J connectivity index is 1.55. The fourth-order valence-corrected chi connectivity index (χ4v) is 3.17. The summed E-state index contributed by atoms with van der Waals surface area (Å²) in [6.07, 6.45) is 3.57. The van der Waals surface area contributed by atoms with E-state index in [1.807, 2.05) is 66.9 Å². The van der Waals surface area contributed by atoms with Gasteiger partial charge in [0.2, 0.25) is 0 Å². The minimum atomic E-state index is -1.03. The van der Waals surface area contributed by atoms with Gasteiger partial charge in [-0.15, -0.1) is 0 Å². The third-order valence-electron chi connectivity index (χ3n) is 4.67. The number of carbonyl (C=O) groups is 2. The quantitative estimate of drug-likeness (QED) is 0.739. The van der Waals surface area contributed by atoms with Crippen LogP contribution in [0, 0.1) is 0 Å². The molecule has 1 fully saturated rings. The molecule has 1 aromatic heterocycles. The summed E-state index contributed by atoms with van der Waals surface area (Å²) < 4.78 is 1.75. The molecule has 3 amide bonds. The lowest BCUT2D eigenvalue weighted by Crippen LogP contribution is -2.40. The third kappa shape index (κ3) is 2.65. The highest BCUT2D eigenvalue weighted by Crippen LogP contribution is 2.29. The fourth-order valence-electron chi connectivity index (χ4n) is 3.17. The lowest BCUT2D eigenvalue weighted by Gasteiger charge is -2.22. The number of carbonyl (C=O) groups excluding carboxylic acids is 2. The Morgan fingerprint density at radius 1 is 1.00 bits per heavy atom. The molecule has 1 saturated heterocycles. The largest absolute Gasteiger partial charge is 0.325 e. The van der Waals surface area contributed by atoms with Gasteiger partial charge in [0.1, 0.15) is 5.54 Å². The molecule has 3 aromatic rings. The van der Waals surface area contributed by atoms with Crippen LogP contribution in [-0.4, -0.2) is 26.6 Å². The van der Waals surface area contributed by atoms with Crippen molar-refractivity contribution in [3.63, 3.8) is 0 Å². The molecule has 0 saturated carbocycles. The van der Waals surface area contributed by atoms with Crippen LogP contribution in [-0.2, 0) is 16.9 Å². The maximum Gasteiger partial charge on any atom is 0.325 e.